The maximum Gasteiger partial charge on any atom is 0.258 e. The van der Waals surface area contributed by atoms with Crippen LogP contribution in [0.2, 0.25) is 0 Å². The summed E-state index contributed by atoms with van der Waals surface area (Å²) in [5, 5.41) is 4.68. The van der Waals surface area contributed by atoms with Crippen LogP contribution in [0.3, 0.4) is 0 Å². The number of hydrogen-bond acceptors (Lipinski definition) is 3. The molecule has 2 amide bonds. The zero-order chi connectivity index (χ0) is 20.3. The first-order valence-corrected chi connectivity index (χ1v) is 9.18. The van der Waals surface area contributed by atoms with Gasteiger partial charge in [0.05, 0.1) is 17.8 Å². The largest absolute Gasteiger partial charge is 0.368 e. The average molecular weight is 376 g/mol. The summed E-state index contributed by atoms with van der Waals surface area (Å²) in [4.78, 5) is 26.2. The highest BCUT2D eigenvalue weighted by Crippen LogP contribution is 2.25. The highest BCUT2D eigenvalue weighted by atomic mass is 16.2. The molecule has 6 heteroatoms. The van der Waals surface area contributed by atoms with Crippen molar-refractivity contribution in [3.63, 3.8) is 0 Å². The molecule has 1 heterocycles. The first-order chi connectivity index (χ1) is 13.4. The van der Waals surface area contributed by atoms with Gasteiger partial charge in [-0.1, -0.05) is 48.0 Å². The number of amides is 2. The second-order valence-electron chi connectivity index (χ2n) is 7.03. The van der Waals surface area contributed by atoms with Gasteiger partial charge in [0.1, 0.15) is 5.69 Å². The lowest BCUT2D eigenvalue weighted by Crippen LogP contribution is -2.42. The average Bonchev–Trinajstić information content (AvgIpc) is 3.12. The molecule has 3 rings (SSSR count). The van der Waals surface area contributed by atoms with Crippen molar-refractivity contribution in [2.45, 2.75) is 26.8 Å². The van der Waals surface area contributed by atoms with Gasteiger partial charge in [0.15, 0.2) is 0 Å². The maximum absolute atomic E-state index is 13.3. The minimum absolute atomic E-state index is 0.138. The summed E-state index contributed by atoms with van der Waals surface area (Å²) in [7, 11) is 0. The van der Waals surface area contributed by atoms with Crippen molar-refractivity contribution in [3.8, 4) is 16.9 Å². The first-order valence-electron chi connectivity index (χ1n) is 9.18. The topological polar surface area (TPSA) is 81.2 Å². The molecule has 6 nitrogen and oxygen atoms in total. The van der Waals surface area contributed by atoms with Crippen molar-refractivity contribution in [2.24, 2.45) is 5.73 Å². The molecule has 0 unspecified atom stereocenters. The Kier molecular flexibility index (Phi) is 5.59. The lowest BCUT2D eigenvalue weighted by molar-refractivity contribution is -0.119. The van der Waals surface area contributed by atoms with Gasteiger partial charge in [0.25, 0.3) is 5.91 Å². The van der Waals surface area contributed by atoms with Crippen molar-refractivity contribution in [1.29, 1.82) is 0 Å². The van der Waals surface area contributed by atoms with Crippen molar-refractivity contribution in [1.82, 2.24) is 14.7 Å². The van der Waals surface area contributed by atoms with Crippen LogP contribution in [0, 0.1) is 6.92 Å². The van der Waals surface area contributed by atoms with Gasteiger partial charge in [-0.05, 0) is 32.9 Å². The van der Waals surface area contributed by atoms with Crippen molar-refractivity contribution >= 4 is 11.8 Å². The van der Waals surface area contributed by atoms with Gasteiger partial charge in [-0.2, -0.15) is 5.10 Å². The molecular formula is C22H24N4O2. The van der Waals surface area contributed by atoms with Crippen LogP contribution in [0.15, 0.2) is 60.8 Å². The fourth-order valence-corrected chi connectivity index (χ4v) is 2.98. The second-order valence-corrected chi connectivity index (χ2v) is 7.03. The molecule has 0 aliphatic carbocycles. The quantitative estimate of drug-likeness (QED) is 0.717. The van der Waals surface area contributed by atoms with Gasteiger partial charge < -0.3 is 10.6 Å². The summed E-state index contributed by atoms with van der Waals surface area (Å²) in [6, 6.07) is 17.3. The molecule has 0 saturated carbocycles. The predicted octanol–water partition coefficient (Wildman–Crippen LogP) is 3.18. The molecule has 1 aromatic heterocycles. The molecule has 2 aromatic carbocycles. The summed E-state index contributed by atoms with van der Waals surface area (Å²) < 4.78 is 1.69. The Hall–Kier alpha value is -3.41. The minimum Gasteiger partial charge on any atom is -0.368 e. The smallest absolute Gasteiger partial charge is 0.258 e. The molecule has 0 bridgehead atoms. The highest BCUT2D eigenvalue weighted by Gasteiger charge is 2.26. The van der Waals surface area contributed by atoms with Gasteiger partial charge in [-0.25, -0.2) is 4.68 Å². The van der Waals surface area contributed by atoms with Crippen molar-refractivity contribution < 1.29 is 9.59 Å². The molecule has 0 radical (unpaired) electrons. The van der Waals surface area contributed by atoms with E-state index < -0.39 is 5.91 Å². The Morgan fingerprint density at radius 3 is 2.29 bits per heavy atom. The molecule has 0 atom stereocenters. The minimum atomic E-state index is -0.547. The van der Waals surface area contributed by atoms with Crippen LogP contribution in [0.1, 0.15) is 29.8 Å². The van der Waals surface area contributed by atoms with E-state index in [2.05, 4.69) is 5.10 Å². The Labute approximate surface area is 164 Å². The monoisotopic (exact) mass is 376 g/mol. The van der Waals surface area contributed by atoms with Gasteiger partial charge >= 0.3 is 0 Å². The number of carbonyl (C=O) groups is 2. The lowest BCUT2D eigenvalue weighted by Gasteiger charge is -2.25. The van der Waals surface area contributed by atoms with Crippen molar-refractivity contribution in [2.75, 3.05) is 6.54 Å². The van der Waals surface area contributed by atoms with E-state index in [4.69, 9.17) is 5.73 Å². The third kappa shape index (κ3) is 4.11. The van der Waals surface area contributed by atoms with Gasteiger partial charge in [0, 0.05) is 17.8 Å². The van der Waals surface area contributed by atoms with Crippen LogP contribution in [-0.2, 0) is 4.79 Å². The third-order valence-electron chi connectivity index (χ3n) is 4.50. The number of aromatic nitrogens is 2. The van der Waals surface area contributed by atoms with Crippen LogP contribution in [0.4, 0.5) is 0 Å². The Morgan fingerprint density at radius 1 is 1.07 bits per heavy atom. The summed E-state index contributed by atoms with van der Waals surface area (Å²) >= 11 is 0. The molecule has 0 saturated heterocycles. The molecule has 144 valence electrons. The Morgan fingerprint density at radius 2 is 1.71 bits per heavy atom. The van der Waals surface area contributed by atoms with E-state index in [-0.39, 0.29) is 18.5 Å². The van der Waals surface area contributed by atoms with Crippen LogP contribution >= 0.6 is 0 Å². The van der Waals surface area contributed by atoms with E-state index in [1.807, 2.05) is 75.4 Å². The molecule has 28 heavy (non-hydrogen) atoms. The Balaban J connectivity index is 2.11. The SMILES string of the molecule is Cc1ccc(-n2cc(C(=O)N(CC(N)=O)C(C)C)c(-c3ccccc3)n2)cc1. The Bertz CT molecular complexity index is 976. The molecule has 2 N–H and O–H groups in total. The molecule has 0 aliphatic rings. The van der Waals surface area contributed by atoms with E-state index in [0.717, 1.165) is 16.8 Å². The van der Waals surface area contributed by atoms with E-state index in [0.29, 0.717) is 11.3 Å². The number of aryl methyl sites for hydroxylation is 1. The van der Waals surface area contributed by atoms with E-state index in [1.165, 1.54) is 4.90 Å². The third-order valence-corrected chi connectivity index (χ3v) is 4.50. The van der Waals surface area contributed by atoms with Crippen molar-refractivity contribution in [3.05, 3.63) is 71.9 Å². The fraction of sp³-hybridized carbons (Fsp3) is 0.227. The molecule has 0 fully saturated rings. The normalized spacial score (nSPS) is 10.9. The number of carbonyl (C=O) groups excluding carboxylic acids is 2. The zero-order valence-electron chi connectivity index (χ0n) is 16.3. The molecular weight excluding hydrogens is 352 g/mol. The van der Waals surface area contributed by atoms with Gasteiger partial charge in [0.2, 0.25) is 5.91 Å². The summed E-state index contributed by atoms with van der Waals surface area (Å²) in [6.45, 7) is 5.59. The van der Waals surface area contributed by atoms with Crippen LogP contribution < -0.4 is 5.73 Å². The zero-order valence-corrected chi connectivity index (χ0v) is 16.3. The van der Waals surface area contributed by atoms with Crippen LogP contribution in [-0.4, -0.2) is 39.1 Å². The van der Waals surface area contributed by atoms with E-state index in [9.17, 15) is 9.59 Å². The van der Waals surface area contributed by atoms with Crippen LogP contribution in [0.25, 0.3) is 16.9 Å². The fourth-order valence-electron chi connectivity index (χ4n) is 2.98. The van der Waals surface area contributed by atoms with Gasteiger partial charge in [-0.15, -0.1) is 0 Å². The summed E-state index contributed by atoms with van der Waals surface area (Å²) in [6.07, 6.45) is 1.71. The lowest BCUT2D eigenvalue weighted by atomic mass is 10.1. The number of primary amides is 1. The second kappa shape index (κ2) is 8.08. The number of nitrogens with two attached hydrogens (primary N) is 1. The number of benzene rings is 2. The predicted molar refractivity (Wildman–Crippen MR) is 109 cm³/mol. The molecule has 0 aliphatic heterocycles. The number of nitrogens with zero attached hydrogens (tertiary/aromatic N) is 3. The summed E-state index contributed by atoms with van der Waals surface area (Å²) in [5.74, 6) is -0.819. The van der Waals surface area contributed by atoms with E-state index >= 15 is 0 Å². The number of hydrogen-bond donors (Lipinski definition) is 1. The molecule has 3 aromatic rings. The molecule has 0 spiro atoms. The number of rotatable bonds is 6. The maximum atomic E-state index is 13.3. The summed E-state index contributed by atoms with van der Waals surface area (Å²) in [5.41, 5.74) is 9.18. The standard InChI is InChI=1S/C22H24N4O2/c1-15(2)25(14-20(23)27)22(28)19-13-26(18-11-9-16(3)10-12-18)24-21(19)17-7-5-4-6-8-17/h4-13,15H,14H2,1-3H3,(H2,23,27). The van der Waals surface area contributed by atoms with Crippen LogP contribution in [0.5, 0.6) is 0 Å². The van der Waals surface area contributed by atoms with E-state index in [1.54, 1.807) is 10.9 Å². The van der Waals surface area contributed by atoms with Gasteiger partial charge in [-0.3, -0.25) is 9.59 Å². The highest BCUT2D eigenvalue weighted by molar-refractivity contribution is 6.01. The first kappa shape index (κ1) is 19.4.